The molecule has 2 amide bonds. The Kier molecular flexibility index (Phi) is 5.94. The number of carbonyl (C=O) groups excluding carboxylic acids is 3. The number of halogens is 1. The second-order valence-electron chi connectivity index (χ2n) is 4.74. The van der Waals surface area contributed by atoms with Crippen LogP contribution in [0.25, 0.3) is 0 Å². The van der Waals surface area contributed by atoms with Crippen molar-refractivity contribution in [1.82, 2.24) is 5.43 Å². The molecule has 0 heterocycles. The quantitative estimate of drug-likeness (QED) is 0.382. The number of methoxy groups -OCH3 is 1. The van der Waals surface area contributed by atoms with Crippen LogP contribution >= 0.6 is 0 Å². The highest BCUT2D eigenvalue weighted by atomic mass is 19.1. The van der Waals surface area contributed by atoms with E-state index >= 15 is 0 Å². The van der Waals surface area contributed by atoms with Crippen LogP contribution in [0, 0.1) is 5.82 Å². The lowest BCUT2D eigenvalue weighted by atomic mass is 10.2. The maximum atomic E-state index is 13.4. The summed E-state index contributed by atoms with van der Waals surface area (Å²) in [6.07, 6.45) is 1.09. The zero-order valence-corrected chi connectivity index (χ0v) is 13.2. The SMILES string of the molecule is COC(=O)c1ccc(NC(=O)C(=O)N/N=C/c2ccccc2F)cc1. The average Bonchev–Trinajstić information content (AvgIpc) is 2.63. The lowest BCUT2D eigenvalue weighted by Gasteiger charge is -2.05. The van der Waals surface area contributed by atoms with E-state index in [9.17, 15) is 18.8 Å². The van der Waals surface area contributed by atoms with Crippen LogP contribution in [0.5, 0.6) is 0 Å². The van der Waals surface area contributed by atoms with E-state index in [-0.39, 0.29) is 5.56 Å². The molecule has 8 heteroatoms. The van der Waals surface area contributed by atoms with Crippen LogP contribution in [-0.4, -0.2) is 31.1 Å². The molecule has 128 valence electrons. The zero-order chi connectivity index (χ0) is 18.2. The van der Waals surface area contributed by atoms with E-state index in [1.165, 1.54) is 49.6 Å². The van der Waals surface area contributed by atoms with Crippen molar-refractivity contribution in [2.45, 2.75) is 0 Å². The smallest absolute Gasteiger partial charge is 0.337 e. The van der Waals surface area contributed by atoms with Crippen molar-refractivity contribution in [2.75, 3.05) is 12.4 Å². The van der Waals surface area contributed by atoms with Crippen LogP contribution in [0.15, 0.2) is 53.6 Å². The van der Waals surface area contributed by atoms with Gasteiger partial charge >= 0.3 is 17.8 Å². The van der Waals surface area contributed by atoms with Gasteiger partial charge in [0.25, 0.3) is 0 Å². The Labute approximate surface area is 142 Å². The van der Waals surface area contributed by atoms with E-state index in [0.29, 0.717) is 11.3 Å². The third kappa shape index (κ3) is 4.96. The molecule has 0 unspecified atom stereocenters. The summed E-state index contributed by atoms with van der Waals surface area (Å²) in [6, 6.07) is 11.6. The maximum absolute atomic E-state index is 13.4. The molecule has 2 rings (SSSR count). The predicted octanol–water partition coefficient (Wildman–Crippen LogP) is 1.70. The summed E-state index contributed by atoms with van der Waals surface area (Å²) >= 11 is 0. The highest BCUT2D eigenvalue weighted by Crippen LogP contribution is 2.10. The van der Waals surface area contributed by atoms with Crippen molar-refractivity contribution in [3.63, 3.8) is 0 Å². The molecule has 0 aliphatic carbocycles. The lowest BCUT2D eigenvalue weighted by Crippen LogP contribution is -2.32. The molecule has 0 radical (unpaired) electrons. The van der Waals surface area contributed by atoms with Crippen LogP contribution in [-0.2, 0) is 14.3 Å². The van der Waals surface area contributed by atoms with Crippen molar-refractivity contribution in [3.8, 4) is 0 Å². The van der Waals surface area contributed by atoms with Gasteiger partial charge in [0.1, 0.15) is 5.82 Å². The van der Waals surface area contributed by atoms with Gasteiger partial charge in [-0.25, -0.2) is 14.6 Å². The van der Waals surface area contributed by atoms with Gasteiger partial charge in [0.15, 0.2) is 0 Å². The van der Waals surface area contributed by atoms with E-state index in [1.54, 1.807) is 6.07 Å². The largest absolute Gasteiger partial charge is 0.465 e. The molecule has 0 fully saturated rings. The molecule has 0 bridgehead atoms. The van der Waals surface area contributed by atoms with E-state index in [2.05, 4.69) is 15.2 Å². The van der Waals surface area contributed by atoms with Gasteiger partial charge in [-0.2, -0.15) is 5.10 Å². The van der Waals surface area contributed by atoms with E-state index < -0.39 is 23.6 Å². The van der Waals surface area contributed by atoms with Gasteiger partial charge in [-0.15, -0.1) is 0 Å². The summed E-state index contributed by atoms with van der Waals surface area (Å²) < 4.78 is 17.9. The first-order chi connectivity index (χ1) is 12.0. The average molecular weight is 343 g/mol. The Morgan fingerprint density at radius 2 is 1.72 bits per heavy atom. The Bertz CT molecular complexity index is 819. The zero-order valence-electron chi connectivity index (χ0n) is 13.2. The number of esters is 1. The Morgan fingerprint density at radius 3 is 2.36 bits per heavy atom. The molecule has 0 saturated carbocycles. The highest BCUT2D eigenvalue weighted by molar-refractivity contribution is 6.39. The maximum Gasteiger partial charge on any atom is 0.337 e. The minimum atomic E-state index is -1.02. The highest BCUT2D eigenvalue weighted by Gasteiger charge is 2.13. The van der Waals surface area contributed by atoms with Crippen LogP contribution in [0.2, 0.25) is 0 Å². The van der Waals surface area contributed by atoms with Gasteiger partial charge in [0.05, 0.1) is 18.9 Å². The molecule has 2 aromatic rings. The predicted molar refractivity (Wildman–Crippen MR) is 88.5 cm³/mol. The summed E-state index contributed by atoms with van der Waals surface area (Å²) in [7, 11) is 1.25. The number of anilines is 1. The van der Waals surface area contributed by atoms with Crippen LogP contribution in [0.3, 0.4) is 0 Å². The number of carbonyl (C=O) groups is 3. The second-order valence-corrected chi connectivity index (χ2v) is 4.74. The number of nitrogens with one attached hydrogen (secondary N) is 2. The van der Waals surface area contributed by atoms with Gasteiger partial charge in [-0.1, -0.05) is 18.2 Å². The van der Waals surface area contributed by atoms with E-state index in [4.69, 9.17) is 0 Å². The number of hydrazone groups is 1. The van der Waals surface area contributed by atoms with Crippen molar-refractivity contribution < 1.29 is 23.5 Å². The first-order valence-corrected chi connectivity index (χ1v) is 7.08. The first kappa shape index (κ1) is 17.8. The molecule has 0 atom stereocenters. The Balaban J connectivity index is 1.91. The second kappa shape index (κ2) is 8.34. The summed E-state index contributed by atoms with van der Waals surface area (Å²) in [5.74, 6) is -3.00. The normalized spacial score (nSPS) is 10.3. The Morgan fingerprint density at radius 1 is 1.04 bits per heavy atom. The van der Waals surface area contributed by atoms with Crippen molar-refractivity contribution in [2.24, 2.45) is 5.10 Å². The summed E-state index contributed by atoms with van der Waals surface area (Å²) in [5, 5.41) is 5.86. The molecular weight excluding hydrogens is 329 g/mol. The van der Waals surface area contributed by atoms with E-state index in [1.807, 2.05) is 5.43 Å². The van der Waals surface area contributed by atoms with E-state index in [0.717, 1.165) is 6.21 Å². The number of rotatable bonds is 4. The molecule has 0 spiro atoms. The molecule has 0 saturated heterocycles. The number of nitrogens with zero attached hydrogens (tertiary/aromatic N) is 1. The number of ether oxygens (including phenoxy) is 1. The van der Waals surface area contributed by atoms with Gasteiger partial charge in [-0.05, 0) is 30.3 Å². The molecule has 0 aliphatic heterocycles. The molecule has 2 N–H and O–H groups in total. The van der Waals surface area contributed by atoms with Crippen molar-refractivity contribution >= 4 is 29.7 Å². The Hall–Kier alpha value is -3.55. The molecule has 7 nitrogen and oxygen atoms in total. The molecule has 2 aromatic carbocycles. The standard InChI is InChI=1S/C17H14FN3O4/c1-25-17(24)11-6-8-13(9-7-11)20-15(22)16(23)21-19-10-12-4-2-3-5-14(12)18/h2-10H,1H3,(H,20,22)(H,21,23)/b19-10+. The first-order valence-electron chi connectivity index (χ1n) is 7.08. The summed E-state index contributed by atoms with van der Waals surface area (Å²) in [6.45, 7) is 0. The third-order valence-corrected chi connectivity index (χ3v) is 3.05. The fourth-order valence-corrected chi connectivity index (χ4v) is 1.79. The summed E-state index contributed by atoms with van der Waals surface area (Å²) in [5.41, 5.74) is 2.78. The minimum Gasteiger partial charge on any atom is -0.465 e. The van der Waals surface area contributed by atoms with Crippen LogP contribution in [0.4, 0.5) is 10.1 Å². The number of hydrogen-bond donors (Lipinski definition) is 2. The molecule has 0 aromatic heterocycles. The topological polar surface area (TPSA) is 96.9 Å². The molecule has 0 aliphatic rings. The van der Waals surface area contributed by atoms with Crippen LogP contribution < -0.4 is 10.7 Å². The third-order valence-electron chi connectivity index (χ3n) is 3.05. The number of hydrogen-bond acceptors (Lipinski definition) is 5. The van der Waals surface area contributed by atoms with Gasteiger partial charge in [0.2, 0.25) is 0 Å². The van der Waals surface area contributed by atoms with Crippen molar-refractivity contribution in [1.29, 1.82) is 0 Å². The fourth-order valence-electron chi connectivity index (χ4n) is 1.79. The molecule has 25 heavy (non-hydrogen) atoms. The minimum absolute atomic E-state index is 0.168. The van der Waals surface area contributed by atoms with Gasteiger partial charge in [-0.3, -0.25) is 9.59 Å². The number of amides is 2. The van der Waals surface area contributed by atoms with Crippen LogP contribution in [0.1, 0.15) is 15.9 Å². The summed E-state index contributed by atoms with van der Waals surface area (Å²) in [4.78, 5) is 34.7. The monoisotopic (exact) mass is 343 g/mol. The van der Waals surface area contributed by atoms with Gasteiger partial charge in [0, 0.05) is 11.3 Å². The lowest BCUT2D eigenvalue weighted by molar-refractivity contribution is -0.136. The fraction of sp³-hybridized carbons (Fsp3) is 0.0588. The van der Waals surface area contributed by atoms with Crippen molar-refractivity contribution in [3.05, 3.63) is 65.5 Å². The number of benzene rings is 2. The molecular formula is C17H14FN3O4. The van der Waals surface area contributed by atoms with Gasteiger partial charge < -0.3 is 10.1 Å².